The summed E-state index contributed by atoms with van der Waals surface area (Å²) in [6, 6.07) is 0.681. The molecule has 1 atom stereocenters. The molecule has 0 aliphatic heterocycles. The Labute approximate surface area is 88.1 Å². The number of hydrogen-bond donors (Lipinski definition) is 2. The summed E-state index contributed by atoms with van der Waals surface area (Å²) in [4.78, 5) is 0. The van der Waals surface area contributed by atoms with Crippen molar-refractivity contribution in [3.8, 4) is 0 Å². The van der Waals surface area contributed by atoms with Crippen LogP contribution in [0, 0.1) is 5.92 Å². The Hall–Kier alpha value is -0.0800. The van der Waals surface area contributed by atoms with Crippen molar-refractivity contribution >= 4 is 0 Å². The van der Waals surface area contributed by atoms with Crippen LogP contribution >= 0.6 is 0 Å². The molecule has 1 fully saturated rings. The van der Waals surface area contributed by atoms with Gasteiger partial charge in [0.1, 0.15) is 0 Å². The lowest BCUT2D eigenvalue weighted by Crippen LogP contribution is -2.45. The first kappa shape index (κ1) is 12.0. The largest absolute Gasteiger partial charge is 0.389 e. The summed E-state index contributed by atoms with van der Waals surface area (Å²) < 4.78 is 0. The van der Waals surface area contributed by atoms with Gasteiger partial charge in [0.2, 0.25) is 0 Å². The fourth-order valence-electron chi connectivity index (χ4n) is 1.66. The smallest absolute Gasteiger partial charge is 0.0743 e. The molecule has 1 unspecified atom stereocenters. The average molecular weight is 199 g/mol. The molecule has 0 bridgehead atoms. The summed E-state index contributed by atoms with van der Waals surface area (Å²) in [5.74, 6) is 0.685. The van der Waals surface area contributed by atoms with Gasteiger partial charge in [-0.25, -0.2) is 0 Å². The molecule has 84 valence electrons. The summed E-state index contributed by atoms with van der Waals surface area (Å²) in [7, 11) is 0. The van der Waals surface area contributed by atoms with Crippen LogP contribution in [0.25, 0.3) is 0 Å². The predicted molar refractivity (Wildman–Crippen MR) is 60.3 cm³/mol. The molecule has 0 amide bonds. The van der Waals surface area contributed by atoms with E-state index in [-0.39, 0.29) is 0 Å². The Morgan fingerprint density at radius 2 is 2.07 bits per heavy atom. The normalized spacial score (nSPS) is 22.1. The minimum atomic E-state index is -0.514. The van der Waals surface area contributed by atoms with E-state index in [1.807, 2.05) is 6.92 Å². The van der Waals surface area contributed by atoms with Gasteiger partial charge in [0.25, 0.3) is 0 Å². The van der Waals surface area contributed by atoms with Gasteiger partial charge in [0.05, 0.1) is 5.60 Å². The topological polar surface area (TPSA) is 32.3 Å². The van der Waals surface area contributed by atoms with Crippen molar-refractivity contribution in [2.75, 3.05) is 6.54 Å². The maximum atomic E-state index is 10.1. The molecular formula is C12H25NO. The highest BCUT2D eigenvalue weighted by atomic mass is 16.3. The molecule has 0 heterocycles. The molecule has 1 aliphatic rings. The average Bonchev–Trinajstić information content (AvgIpc) is 1.98. The zero-order valence-electron chi connectivity index (χ0n) is 9.84. The van der Waals surface area contributed by atoms with Crippen molar-refractivity contribution in [2.45, 2.75) is 64.5 Å². The SMILES string of the molecule is CC(C)CCC(C)(O)CNC1CCC1. The van der Waals surface area contributed by atoms with E-state index < -0.39 is 5.60 Å². The summed E-state index contributed by atoms with van der Waals surface area (Å²) in [6.07, 6.45) is 5.95. The van der Waals surface area contributed by atoms with E-state index in [9.17, 15) is 5.11 Å². The first-order chi connectivity index (χ1) is 6.49. The fourth-order valence-corrected chi connectivity index (χ4v) is 1.66. The predicted octanol–water partition coefficient (Wildman–Crippen LogP) is 2.32. The lowest BCUT2D eigenvalue weighted by molar-refractivity contribution is 0.0395. The van der Waals surface area contributed by atoms with Gasteiger partial charge in [0.15, 0.2) is 0 Å². The molecule has 0 aromatic rings. The van der Waals surface area contributed by atoms with E-state index in [4.69, 9.17) is 0 Å². The lowest BCUT2D eigenvalue weighted by Gasteiger charge is -2.32. The maximum Gasteiger partial charge on any atom is 0.0743 e. The minimum Gasteiger partial charge on any atom is -0.389 e. The van der Waals surface area contributed by atoms with E-state index in [0.717, 1.165) is 19.4 Å². The number of nitrogens with one attached hydrogen (secondary N) is 1. The highest BCUT2D eigenvalue weighted by molar-refractivity contribution is 4.82. The first-order valence-electron chi connectivity index (χ1n) is 5.95. The Bertz CT molecular complexity index is 162. The van der Waals surface area contributed by atoms with Crippen LogP contribution in [0.4, 0.5) is 0 Å². The molecule has 14 heavy (non-hydrogen) atoms. The zero-order chi connectivity index (χ0) is 10.6. The van der Waals surface area contributed by atoms with Gasteiger partial charge in [-0.05, 0) is 38.5 Å². The Morgan fingerprint density at radius 1 is 1.43 bits per heavy atom. The second-order valence-electron chi connectivity index (χ2n) is 5.44. The van der Waals surface area contributed by atoms with Crippen LogP contribution in [0.15, 0.2) is 0 Å². The number of rotatable bonds is 6. The molecule has 0 spiro atoms. The summed E-state index contributed by atoms with van der Waals surface area (Å²) in [5, 5.41) is 13.5. The molecule has 0 aromatic carbocycles. The van der Waals surface area contributed by atoms with Gasteiger partial charge in [0, 0.05) is 12.6 Å². The highest BCUT2D eigenvalue weighted by Crippen LogP contribution is 2.20. The first-order valence-corrected chi connectivity index (χ1v) is 5.95. The van der Waals surface area contributed by atoms with Crippen molar-refractivity contribution in [1.29, 1.82) is 0 Å². The Morgan fingerprint density at radius 3 is 2.50 bits per heavy atom. The van der Waals surface area contributed by atoms with Crippen LogP contribution in [0.1, 0.15) is 52.9 Å². The number of aliphatic hydroxyl groups is 1. The standard InChI is InChI=1S/C12H25NO/c1-10(2)7-8-12(3,14)9-13-11-5-4-6-11/h10-11,13-14H,4-9H2,1-3H3. The van der Waals surface area contributed by atoms with E-state index in [0.29, 0.717) is 12.0 Å². The summed E-state index contributed by atoms with van der Waals surface area (Å²) in [5.41, 5.74) is -0.514. The molecule has 1 aliphatic carbocycles. The third-order valence-electron chi connectivity index (χ3n) is 3.14. The van der Waals surface area contributed by atoms with Crippen molar-refractivity contribution < 1.29 is 5.11 Å². The molecule has 0 radical (unpaired) electrons. The molecule has 2 heteroatoms. The highest BCUT2D eigenvalue weighted by Gasteiger charge is 2.24. The molecular weight excluding hydrogens is 174 g/mol. The fraction of sp³-hybridized carbons (Fsp3) is 1.00. The second-order valence-corrected chi connectivity index (χ2v) is 5.44. The molecule has 1 rings (SSSR count). The van der Waals surface area contributed by atoms with Gasteiger partial charge < -0.3 is 10.4 Å². The van der Waals surface area contributed by atoms with Gasteiger partial charge in [-0.2, -0.15) is 0 Å². The zero-order valence-corrected chi connectivity index (χ0v) is 9.84. The van der Waals surface area contributed by atoms with E-state index >= 15 is 0 Å². The van der Waals surface area contributed by atoms with Crippen LogP contribution in [0.3, 0.4) is 0 Å². The molecule has 0 saturated heterocycles. The molecule has 0 aromatic heterocycles. The Kier molecular flexibility index (Phi) is 4.39. The summed E-state index contributed by atoms with van der Waals surface area (Å²) in [6.45, 7) is 7.11. The minimum absolute atomic E-state index is 0.514. The lowest BCUT2D eigenvalue weighted by atomic mass is 9.91. The van der Waals surface area contributed by atoms with Crippen molar-refractivity contribution in [3.05, 3.63) is 0 Å². The molecule has 1 saturated carbocycles. The van der Waals surface area contributed by atoms with E-state index in [1.165, 1.54) is 19.3 Å². The third-order valence-corrected chi connectivity index (χ3v) is 3.14. The molecule has 2 N–H and O–H groups in total. The van der Waals surface area contributed by atoms with Crippen LogP contribution in [0.2, 0.25) is 0 Å². The molecule has 2 nitrogen and oxygen atoms in total. The van der Waals surface area contributed by atoms with E-state index in [2.05, 4.69) is 19.2 Å². The summed E-state index contributed by atoms with van der Waals surface area (Å²) >= 11 is 0. The van der Waals surface area contributed by atoms with Crippen LogP contribution in [0.5, 0.6) is 0 Å². The van der Waals surface area contributed by atoms with E-state index in [1.54, 1.807) is 0 Å². The monoisotopic (exact) mass is 199 g/mol. The number of hydrogen-bond acceptors (Lipinski definition) is 2. The van der Waals surface area contributed by atoms with Gasteiger partial charge in [-0.3, -0.25) is 0 Å². The van der Waals surface area contributed by atoms with Crippen LogP contribution in [-0.4, -0.2) is 23.3 Å². The third kappa shape index (κ3) is 4.43. The van der Waals surface area contributed by atoms with Gasteiger partial charge in [-0.15, -0.1) is 0 Å². The second kappa shape index (κ2) is 5.13. The van der Waals surface area contributed by atoms with Crippen LogP contribution < -0.4 is 5.32 Å². The van der Waals surface area contributed by atoms with Crippen molar-refractivity contribution in [2.24, 2.45) is 5.92 Å². The van der Waals surface area contributed by atoms with Gasteiger partial charge in [-0.1, -0.05) is 20.3 Å². The van der Waals surface area contributed by atoms with Crippen LogP contribution in [-0.2, 0) is 0 Å². The quantitative estimate of drug-likeness (QED) is 0.688. The van der Waals surface area contributed by atoms with Gasteiger partial charge >= 0.3 is 0 Å². The van der Waals surface area contributed by atoms with Crippen molar-refractivity contribution in [3.63, 3.8) is 0 Å². The Balaban J connectivity index is 2.11. The maximum absolute atomic E-state index is 10.1. The van der Waals surface area contributed by atoms with Crippen molar-refractivity contribution in [1.82, 2.24) is 5.32 Å².